The molecule has 5 nitrogen and oxygen atoms in total. The molecule has 0 saturated heterocycles. The summed E-state index contributed by atoms with van der Waals surface area (Å²) in [6.45, 7) is 3.54. The maximum atomic E-state index is 11.2. The number of carbonyl (C=O) groups excluding carboxylic acids is 1. The summed E-state index contributed by atoms with van der Waals surface area (Å²) < 4.78 is 31.0. The van der Waals surface area contributed by atoms with Crippen LogP contribution < -0.4 is 51.4 Å². The van der Waals surface area contributed by atoms with Crippen LogP contribution >= 0.6 is 0 Å². The molecule has 0 aliphatic heterocycles. The molecule has 0 aromatic rings. The zero-order chi connectivity index (χ0) is 11.1. The van der Waals surface area contributed by atoms with Crippen LogP contribution in [0.5, 0.6) is 0 Å². The Kier molecular flexibility index (Phi) is 5.46. The number of carbonyl (C=O) groups is 1. The van der Waals surface area contributed by atoms with Crippen LogP contribution in [-0.4, -0.2) is 33.9 Å². The van der Waals surface area contributed by atoms with Crippen molar-refractivity contribution in [2.24, 2.45) is 11.3 Å². The Bertz CT molecular complexity index is 353. The Balaban J connectivity index is 0. The summed E-state index contributed by atoms with van der Waals surface area (Å²) in [6, 6.07) is 0. The molecule has 15 heavy (non-hydrogen) atoms. The van der Waals surface area contributed by atoms with Gasteiger partial charge in [-0.1, -0.05) is 13.8 Å². The van der Waals surface area contributed by atoms with Crippen molar-refractivity contribution < 1.29 is 74.9 Å². The van der Waals surface area contributed by atoms with E-state index in [2.05, 4.69) is 4.74 Å². The number of esters is 1. The quantitative estimate of drug-likeness (QED) is 0.314. The molecular formula is C8H15KO5S. The maximum absolute atomic E-state index is 11.2. The van der Waals surface area contributed by atoms with Crippen molar-refractivity contribution in [2.45, 2.75) is 20.0 Å². The van der Waals surface area contributed by atoms with E-state index in [0.717, 1.165) is 6.26 Å². The van der Waals surface area contributed by atoms with Crippen LogP contribution in [0.3, 0.4) is 0 Å². The predicted octanol–water partition coefficient (Wildman–Crippen LogP) is -2.72. The molecule has 7 heteroatoms. The van der Waals surface area contributed by atoms with Crippen molar-refractivity contribution in [3.63, 3.8) is 0 Å². The number of hydrogen-bond acceptors (Lipinski definition) is 5. The van der Waals surface area contributed by atoms with Crippen molar-refractivity contribution in [3.05, 3.63) is 0 Å². The molecule has 1 aliphatic rings. The normalized spacial score (nSPS) is 27.7. The predicted molar refractivity (Wildman–Crippen MR) is 50.1 cm³/mol. The zero-order valence-corrected chi connectivity index (χ0v) is 13.5. The Labute approximate surface area is 134 Å². The second kappa shape index (κ2) is 5.11. The fourth-order valence-electron chi connectivity index (χ4n) is 1.51. The molecular weight excluding hydrogens is 247 g/mol. The van der Waals surface area contributed by atoms with Gasteiger partial charge < -0.3 is 6.16 Å². The minimum absolute atomic E-state index is 0. The van der Waals surface area contributed by atoms with Gasteiger partial charge in [0.1, 0.15) is 0 Å². The van der Waals surface area contributed by atoms with Gasteiger partial charge in [-0.25, -0.2) is 0 Å². The van der Waals surface area contributed by atoms with E-state index in [1.807, 2.05) is 0 Å². The van der Waals surface area contributed by atoms with Crippen LogP contribution in [-0.2, 0) is 23.8 Å². The summed E-state index contributed by atoms with van der Waals surface area (Å²) in [5.41, 5.74) is -0.462. The summed E-state index contributed by atoms with van der Waals surface area (Å²) >= 11 is 0. The summed E-state index contributed by atoms with van der Waals surface area (Å²) in [5, 5.41) is 0. The fourth-order valence-corrected chi connectivity index (χ4v) is 2.25. The van der Waals surface area contributed by atoms with E-state index in [1.54, 1.807) is 13.8 Å². The summed E-state index contributed by atoms with van der Waals surface area (Å²) in [6.07, 6.45) is 0.375. The second-order valence-corrected chi connectivity index (χ2v) is 5.64. The van der Waals surface area contributed by atoms with Gasteiger partial charge in [0.25, 0.3) is 10.1 Å². The van der Waals surface area contributed by atoms with Gasteiger partial charge in [0.2, 0.25) is 0 Å². The minimum Gasteiger partial charge on any atom is -1.00 e. The molecule has 1 saturated carbocycles. The van der Waals surface area contributed by atoms with E-state index in [0.29, 0.717) is 0 Å². The largest absolute Gasteiger partial charge is 1.00 e. The third-order valence-corrected chi connectivity index (χ3v) is 3.02. The first-order valence-corrected chi connectivity index (χ1v) is 5.98. The van der Waals surface area contributed by atoms with Gasteiger partial charge >= 0.3 is 57.4 Å². The Morgan fingerprint density at radius 2 is 1.87 bits per heavy atom. The number of rotatable bonds is 3. The molecule has 0 heterocycles. The van der Waals surface area contributed by atoms with E-state index >= 15 is 0 Å². The van der Waals surface area contributed by atoms with Crippen molar-refractivity contribution in [3.8, 4) is 0 Å². The molecule has 2 atom stereocenters. The van der Waals surface area contributed by atoms with E-state index in [9.17, 15) is 13.2 Å². The van der Waals surface area contributed by atoms with Crippen LogP contribution in [0.1, 0.15) is 15.3 Å². The minimum atomic E-state index is -3.51. The smallest absolute Gasteiger partial charge is 1.00 e. The average Bonchev–Trinajstić information content (AvgIpc) is 2.49. The molecule has 84 valence electrons. The van der Waals surface area contributed by atoms with Crippen molar-refractivity contribution in [2.75, 3.05) is 13.4 Å². The molecule has 1 rings (SSSR count). The van der Waals surface area contributed by atoms with Crippen molar-refractivity contribution >= 4 is 16.1 Å². The van der Waals surface area contributed by atoms with E-state index in [1.165, 1.54) is 7.11 Å². The second-order valence-electron chi connectivity index (χ2n) is 4.04. The van der Waals surface area contributed by atoms with Gasteiger partial charge in [-0.15, -0.1) is 0 Å². The number of methoxy groups -OCH3 is 1. The Hall–Kier alpha value is 1.02. The van der Waals surface area contributed by atoms with E-state index < -0.39 is 33.5 Å². The monoisotopic (exact) mass is 262 g/mol. The van der Waals surface area contributed by atoms with Crippen LogP contribution in [0.4, 0.5) is 0 Å². The third kappa shape index (κ3) is 3.76. The van der Waals surface area contributed by atoms with E-state index in [-0.39, 0.29) is 52.8 Å². The van der Waals surface area contributed by atoms with Gasteiger partial charge in [-0.2, -0.15) is 8.42 Å². The SMILES string of the molecule is COC(=O)C1C(OS(C)(=O)=O)C1(C)C.[H-].[K+]. The van der Waals surface area contributed by atoms with Crippen LogP contribution in [0.25, 0.3) is 0 Å². The van der Waals surface area contributed by atoms with Crippen molar-refractivity contribution in [1.82, 2.24) is 0 Å². The van der Waals surface area contributed by atoms with Gasteiger partial charge in [0, 0.05) is 5.41 Å². The standard InChI is InChI=1S/C8H14O5S.K.H/c1-8(2)5(7(9)12-3)6(8)13-14(4,10)11;;/h5-6H,1-4H3;;/q;+1;-1. The molecule has 0 spiro atoms. The number of ether oxygens (including phenoxy) is 1. The first kappa shape index (κ1) is 16.0. The number of hydrogen-bond donors (Lipinski definition) is 0. The summed E-state index contributed by atoms with van der Waals surface area (Å²) in [5.74, 6) is -0.911. The van der Waals surface area contributed by atoms with E-state index in [4.69, 9.17) is 4.18 Å². The van der Waals surface area contributed by atoms with Crippen LogP contribution in [0, 0.1) is 11.3 Å². The summed E-state index contributed by atoms with van der Waals surface area (Å²) in [4.78, 5) is 11.2. The Morgan fingerprint density at radius 3 is 2.20 bits per heavy atom. The van der Waals surface area contributed by atoms with Gasteiger partial charge in [-0.05, 0) is 0 Å². The van der Waals surface area contributed by atoms with Crippen LogP contribution in [0.2, 0.25) is 0 Å². The van der Waals surface area contributed by atoms with Gasteiger partial charge in [-0.3, -0.25) is 8.98 Å². The topological polar surface area (TPSA) is 69.7 Å². The fraction of sp³-hybridized carbons (Fsp3) is 0.875. The van der Waals surface area contributed by atoms with Crippen molar-refractivity contribution in [1.29, 1.82) is 0 Å². The first-order valence-electron chi connectivity index (χ1n) is 4.16. The third-order valence-electron chi connectivity index (χ3n) is 2.46. The summed E-state index contributed by atoms with van der Waals surface area (Å²) in [7, 11) is -2.24. The Morgan fingerprint density at radius 1 is 1.40 bits per heavy atom. The average molecular weight is 262 g/mol. The van der Waals surface area contributed by atoms with Crippen LogP contribution in [0.15, 0.2) is 0 Å². The molecule has 0 aromatic carbocycles. The molecule has 0 radical (unpaired) electrons. The maximum Gasteiger partial charge on any atom is 1.00 e. The first-order chi connectivity index (χ1) is 6.20. The molecule has 0 amide bonds. The molecule has 0 bridgehead atoms. The molecule has 1 fully saturated rings. The van der Waals surface area contributed by atoms with Gasteiger partial charge in [0.05, 0.1) is 25.4 Å². The molecule has 0 N–H and O–H groups in total. The van der Waals surface area contributed by atoms with Gasteiger partial charge in [0.15, 0.2) is 0 Å². The molecule has 1 aliphatic carbocycles. The molecule has 2 unspecified atom stereocenters. The zero-order valence-electron chi connectivity index (χ0n) is 10.6. The molecule has 0 aromatic heterocycles.